The van der Waals surface area contributed by atoms with Crippen LogP contribution < -0.4 is 11.1 Å². The third-order valence-corrected chi connectivity index (χ3v) is 3.57. The Morgan fingerprint density at radius 3 is 2.55 bits per heavy atom. The molecule has 4 heteroatoms. The predicted molar refractivity (Wildman–Crippen MR) is 82.9 cm³/mol. The molecule has 0 radical (unpaired) electrons. The predicted octanol–water partition coefficient (Wildman–Crippen LogP) is 3.41. The van der Waals surface area contributed by atoms with Gasteiger partial charge in [-0.3, -0.25) is 4.79 Å². The van der Waals surface area contributed by atoms with E-state index in [2.05, 4.69) is 18.3 Å². The lowest BCUT2D eigenvalue weighted by molar-refractivity contribution is 0.0951. The highest BCUT2D eigenvalue weighted by atomic mass is 35.5. The van der Waals surface area contributed by atoms with Crippen molar-refractivity contribution in [3.63, 3.8) is 0 Å². The molecule has 2 aromatic carbocycles. The lowest BCUT2D eigenvalue weighted by Gasteiger charge is -2.11. The Hall–Kier alpha value is -2.00. The van der Waals surface area contributed by atoms with Crippen molar-refractivity contribution in [3.8, 4) is 0 Å². The van der Waals surface area contributed by atoms with Gasteiger partial charge in [0, 0.05) is 6.54 Å². The van der Waals surface area contributed by atoms with E-state index < -0.39 is 0 Å². The Labute approximate surface area is 123 Å². The second-order valence-electron chi connectivity index (χ2n) is 4.51. The number of hydrogen-bond donors (Lipinski definition) is 2. The van der Waals surface area contributed by atoms with Crippen LogP contribution in [0.2, 0.25) is 5.02 Å². The van der Waals surface area contributed by atoms with Gasteiger partial charge >= 0.3 is 0 Å². The maximum Gasteiger partial charge on any atom is 0.253 e. The molecule has 0 aliphatic heterocycles. The zero-order valence-corrected chi connectivity index (χ0v) is 12.1. The van der Waals surface area contributed by atoms with Gasteiger partial charge < -0.3 is 11.1 Å². The molecular weight excluding hydrogens is 272 g/mol. The van der Waals surface area contributed by atoms with E-state index in [1.807, 2.05) is 18.2 Å². The molecule has 0 aliphatic rings. The molecule has 0 aromatic heterocycles. The van der Waals surface area contributed by atoms with Crippen molar-refractivity contribution in [2.75, 3.05) is 5.73 Å². The summed E-state index contributed by atoms with van der Waals surface area (Å²) in [5.74, 6) is -0.212. The van der Waals surface area contributed by atoms with Gasteiger partial charge in [-0.1, -0.05) is 48.9 Å². The van der Waals surface area contributed by atoms with Crippen molar-refractivity contribution in [2.24, 2.45) is 0 Å². The van der Waals surface area contributed by atoms with Crippen LogP contribution in [0.3, 0.4) is 0 Å². The first-order valence-corrected chi connectivity index (χ1v) is 6.90. The quantitative estimate of drug-likeness (QED) is 0.847. The van der Waals surface area contributed by atoms with Crippen LogP contribution in [-0.4, -0.2) is 5.91 Å². The largest absolute Gasteiger partial charge is 0.397 e. The molecule has 20 heavy (non-hydrogen) atoms. The summed E-state index contributed by atoms with van der Waals surface area (Å²) in [5.41, 5.74) is 8.88. The van der Waals surface area contributed by atoms with Crippen molar-refractivity contribution in [2.45, 2.75) is 19.9 Å². The number of aryl methyl sites for hydroxylation is 1. The number of carbonyl (C=O) groups excluding carboxylic acids is 1. The second kappa shape index (κ2) is 6.44. The van der Waals surface area contributed by atoms with Crippen LogP contribution in [0.5, 0.6) is 0 Å². The zero-order valence-electron chi connectivity index (χ0n) is 11.3. The van der Waals surface area contributed by atoms with E-state index in [1.165, 1.54) is 5.56 Å². The number of carbonyl (C=O) groups is 1. The van der Waals surface area contributed by atoms with Gasteiger partial charge in [0.1, 0.15) is 0 Å². The van der Waals surface area contributed by atoms with E-state index in [-0.39, 0.29) is 5.91 Å². The van der Waals surface area contributed by atoms with Crippen LogP contribution in [0.4, 0.5) is 5.69 Å². The van der Waals surface area contributed by atoms with Gasteiger partial charge in [0.2, 0.25) is 0 Å². The molecule has 1 amide bonds. The SMILES string of the molecule is CCc1ccccc1CNC(=O)c1cccc(Cl)c1N. The van der Waals surface area contributed by atoms with Crippen molar-refractivity contribution in [3.05, 3.63) is 64.2 Å². The maximum atomic E-state index is 12.1. The van der Waals surface area contributed by atoms with E-state index in [0.29, 0.717) is 22.8 Å². The second-order valence-corrected chi connectivity index (χ2v) is 4.91. The van der Waals surface area contributed by atoms with Crippen LogP contribution in [0.25, 0.3) is 0 Å². The summed E-state index contributed by atoms with van der Waals surface area (Å²) >= 11 is 5.92. The zero-order chi connectivity index (χ0) is 14.5. The maximum absolute atomic E-state index is 12.1. The van der Waals surface area contributed by atoms with Crippen LogP contribution in [-0.2, 0) is 13.0 Å². The molecule has 2 rings (SSSR count). The monoisotopic (exact) mass is 288 g/mol. The topological polar surface area (TPSA) is 55.1 Å². The molecule has 0 bridgehead atoms. The fraction of sp³-hybridized carbons (Fsp3) is 0.188. The molecule has 0 saturated carbocycles. The molecule has 0 saturated heterocycles. The number of amides is 1. The molecule has 3 nitrogen and oxygen atoms in total. The Balaban J connectivity index is 2.11. The third-order valence-electron chi connectivity index (χ3n) is 3.24. The Kier molecular flexibility index (Phi) is 4.64. The first kappa shape index (κ1) is 14.4. The summed E-state index contributed by atoms with van der Waals surface area (Å²) < 4.78 is 0. The number of nitrogens with one attached hydrogen (secondary N) is 1. The highest BCUT2D eigenvalue weighted by Gasteiger charge is 2.11. The first-order valence-electron chi connectivity index (χ1n) is 6.52. The summed E-state index contributed by atoms with van der Waals surface area (Å²) in [6.07, 6.45) is 0.936. The molecule has 0 unspecified atom stereocenters. The van der Waals surface area contributed by atoms with Gasteiger partial charge in [0.25, 0.3) is 5.91 Å². The van der Waals surface area contributed by atoms with Crippen LogP contribution in [0.1, 0.15) is 28.4 Å². The summed E-state index contributed by atoms with van der Waals surface area (Å²) in [7, 11) is 0. The molecule has 0 aliphatic carbocycles. The summed E-state index contributed by atoms with van der Waals surface area (Å²) in [4.78, 5) is 12.1. The standard InChI is InChI=1S/C16H17ClN2O/c1-2-11-6-3-4-7-12(11)10-19-16(20)13-8-5-9-14(17)15(13)18/h3-9H,2,10,18H2,1H3,(H,19,20). The van der Waals surface area contributed by atoms with E-state index in [1.54, 1.807) is 18.2 Å². The molecule has 0 spiro atoms. The number of nitrogen functional groups attached to an aromatic ring is 1. The minimum atomic E-state index is -0.212. The summed E-state index contributed by atoms with van der Waals surface area (Å²) in [6.45, 7) is 2.57. The molecule has 2 aromatic rings. The normalized spacial score (nSPS) is 10.3. The van der Waals surface area contributed by atoms with Gasteiger partial charge in [0.15, 0.2) is 0 Å². The number of anilines is 1. The van der Waals surface area contributed by atoms with Gasteiger partial charge in [-0.05, 0) is 29.7 Å². The van der Waals surface area contributed by atoms with Crippen LogP contribution in [0, 0.1) is 0 Å². The van der Waals surface area contributed by atoms with E-state index >= 15 is 0 Å². The molecule has 3 N–H and O–H groups in total. The summed E-state index contributed by atoms with van der Waals surface area (Å²) in [6, 6.07) is 13.1. The number of hydrogen-bond acceptors (Lipinski definition) is 2. The van der Waals surface area contributed by atoms with Crippen molar-refractivity contribution in [1.82, 2.24) is 5.32 Å². The number of halogens is 1. The molecular formula is C16H17ClN2O. The Morgan fingerprint density at radius 1 is 1.15 bits per heavy atom. The van der Waals surface area contributed by atoms with Crippen LogP contribution >= 0.6 is 11.6 Å². The smallest absolute Gasteiger partial charge is 0.253 e. The number of rotatable bonds is 4. The van der Waals surface area contributed by atoms with Gasteiger partial charge in [-0.15, -0.1) is 0 Å². The highest BCUT2D eigenvalue weighted by molar-refractivity contribution is 6.33. The minimum Gasteiger partial charge on any atom is -0.397 e. The number of nitrogens with two attached hydrogens (primary N) is 1. The minimum absolute atomic E-state index is 0.212. The molecule has 0 heterocycles. The Morgan fingerprint density at radius 2 is 1.85 bits per heavy atom. The fourth-order valence-corrected chi connectivity index (χ4v) is 2.26. The average Bonchev–Trinajstić information content (AvgIpc) is 2.48. The average molecular weight is 289 g/mol. The molecule has 0 fully saturated rings. The first-order chi connectivity index (χ1) is 9.63. The van der Waals surface area contributed by atoms with E-state index in [4.69, 9.17) is 17.3 Å². The lowest BCUT2D eigenvalue weighted by Crippen LogP contribution is -2.24. The summed E-state index contributed by atoms with van der Waals surface area (Å²) in [5, 5.41) is 3.28. The fourth-order valence-electron chi connectivity index (χ4n) is 2.08. The van der Waals surface area contributed by atoms with Gasteiger partial charge in [-0.2, -0.15) is 0 Å². The molecule has 104 valence electrons. The Bertz CT molecular complexity index is 626. The lowest BCUT2D eigenvalue weighted by atomic mass is 10.1. The third kappa shape index (κ3) is 3.11. The van der Waals surface area contributed by atoms with E-state index in [0.717, 1.165) is 12.0 Å². The van der Waals surface area contributed by atoms with Crippen molar-refractivity contribution < 1.29 is 4.79 Å². The van der Waals surface area contributed by atoms with Crippen molar-refractivity contribution in [1.29, 1.82) is 0 Å². The number of para-hydroxylation sites is 1. The van der Waals surface area contributed by atoms with E-state index in [9.17, 15) is 4.79 Å². The van der Waals surface area contributed by atoms with Gasteiger partial charge in [-0.25, -0.2) is 0 Å². The number of benzene rings is 2. The highest BCUT2D eigenvalue weighted by Crippen LogP contribution is 2.22. The molecule has 0 atom stereocenters. The van der Waals surface area contributed by atoms with Gasteiger partial charge in [0.05, 0.1) is 16.3 Å². The van der Waals surface area contributed by atoms with Crippen molar-refractivity contribution >= 4 is 23.2 Å². The van der Waals surface area contributed by atoms with Crippen LogP contribution in [0.15, 0.2) is 42.5 Å².